The quantitative estimate of drug-likeness (QED) is 0.590. The van der Waals surface area contributed by atoms with Gasteiger partial charge in [0.2, 0.25) is 21.8 Å². The van der Waals surface area contributed by atoms with E-state index in [-0.39, 0.29) is 17.4 Å². The first-order valence-corrected chi connectivity index (χ1v) is 11.4. The third kappa shape index (κ3) is 6.95. The van der Waals surface area contributed by atoms with Crippen molar-refractivity contribution in [2.75, 3.05) is 26.0 Å². The van der Waals surface area contributed by atoms with Crippen molar-refractivity contribution in [2.45, 2.75) is 24.8 Å². The molecule has 2 rings (SSSR count). The number of hydrogen-bond acceptors (Lipinski definition) is 5. The van der Waals surface area contributed by atoms with Crippen molar-refractivity contribution in [3.05, 3.63) is 53.6 Å². The van der Waals surface area contributed by atoms with Gasteiger partial charge >= 0.3 is 0 Å². The fraction of sp³-hybridized carbons (Fsp3) is 0.333. The summed E-state index contributed by atoms with van der Waals surface area (Å²) < 4.78 is 33.0. The van der Waals surface area contributed by atoms with Crippen LogP contribution in [0.15, 0.2) is 53.4 Å². The lowest BCUT2D eigenvalue weighted by Crippen LogP contribution is -2.51. The molecule has 168 valence electrons. The van der Waals surface area contributed by atoms with E-state index in [1.165, 1.54) is 43.3 Å². The molecule has 31 heavy (non-hydrogen) atoms. The molecule has 0 saturated heterocycles. The molecular weight excluding hydrogens is 442 g/mol. The first-order chi connectivity index (χ1) is 14.5. The summed E-state index contributed by atoms with van der Waals surface area (Å²) in [4.78, 5) is 26.4. The maximum atomic E-state index is 12.9. The number of sulfonamides is 1. The fourth-order valence-corrected chi connectivity index (χ4v) is 4.29. The van der Waals surface area contributed by atoms with Crippen molar-refractivity contribution in [3.63, 3.8) is 0 Å². The van der Waals surface area contributed by atoms with E-state index < -0.39 is 27.9 Å². The minimum atomic E-state index is -3.96. The molecule has 0 unspecified atom stereocenters. The van der Waals surface area contributed by atoms with Crippen LogP contribution in [0.25, 0.3) is 0 Å². The number of methoxy groups -OCH3 is 1. The number of carbonyl (C=O) groups is 2. The molecule has 0 fully saturated rings. The molecule has 0 aliphatic rings. The third-order valence-corrected chi connectivity index (χ3v) is 6.14. The topological polar surface area (TPSA) is 105 Å². The number of halogens is 1. The fourth-order valence-electron chi connectivity index (χ4n) is 2.76. The summed E-state index contributed by atoms with van der Waals surface area (Å²) in [6.45, 7) is 3.19. The smallest absolute Gasteiger partial charge is 0.243 e. The molecule has 0 aromatic heterocycles. The zero-order valence-electron chi connectivity index (χ0n) is 17.8. The SMILES string of the molecule is COc1ccc(S(=O)(=O)N[C@H](C(=O)N(C)CC(=O)Nc2cccc(Cl)c2)C(C)C)cc1. The van der Waals surface area contributed by atoms with Gasteiger partial charge in [0.25, 0.3) is 0 Å². The molecule has 0 saturated carbocycles. The van der Waals surface area contributed by atoms with Crippen LogP contribution >= 0.6 is 11.6 Å². The van der Waals surface area contributed by atoms with E-state index in [0.29, 0.717) is 16.5 Å². The van der Waals surface area contributed by atoms with Gasteiger partial charge < -0.3 is 15.0 Å². The van der Waals surface area contributed by atoms with Gasteiger partial charge in [-0.05, 0) is 48.4 Å². The van der Waals surface area contributed by atoms with Gasteiger partial charge in [-0.25, -0.2) is 8.42 Å². The number of anilines is 1. The number of hydrogen-bond donors (Lipinski definition) is 2. The average Bonchev–Trinajstić information content (AvgIpc) is 2.71. The first-order valence-electron chi connectivity index (χ1n) is 9.50. The highest BCUT2D eigenvalue weighted by Crippen LogP contribution is 2.18. The van der Waals surface area contributed by atoms with Crippen LogP contribution in [0.1, 0.15) is 13.8 Å². The van der Waals surface area contributed by atoms with E-state index in [9.17, 15) is 18.0 Å². The lowest BCUT2D eigenvalue weighted by Gasteiger charge is -2.26. The van der Waals surface area contributed by atoms with Crippen molar-refractivity contribution in [1.82, 2.24) is 9.62 Å². The Morgan fingerprint density at radius 3 is 2.32 bits per heavy atom. The predicted molar refractivity (Wildman–Crippen MR) is 120 cm³/mol. The van der Waals surface area contributed by atoms with Crippen molar-refractivity contribution in [3.8, 4) is 5.75 Å². The number of nitrogens with one attached hydrogen (secondary N) is 2. The monoisotopic (exact) mass is 467 g/mol. The van der Waals surface area contributed by atoms with Gasteiger partial charge in [-0.1, -0.05) is 31.5 Å². The largest absolute Gasteiger partial charge is 0.497 e. The molecular formula is C21H26ClN3O5S. The molecule has 2 N–H and O–H groups in total. The standard InChI is InChI=1S/C21H26ClN3O5S/c1-14(2)20(24-31(28,29)18-10-8-17(30-4)9-11-18)21(27)25(3)13-19(26)23-16-7-5-6-15(22)12-16/h5-12,14,20,24H,13H2,1-4H3,(H,23,26)/t20-/m0/s1. The second kappa shape index (κ2) is 10.6. The Labute approximate surface area is 187 Å². The van der Waals surface area contributed by atoms with Crippen molar-refractivity contribution >= 4 is 39.1 Å². The lowest BCUT2D eigenvalue weighted by atomic mass is 10.0. The highest BCUT2D eigenvalue weighted by molar-refractivity contribution is 7.89. The van der Waals surface area contributed by atoms with Gasteiger partial charge in [0.1, 0.15) is 11.8 Å². The summed E-state index contributed by atoms with van der Waals surface area (Å²) in [7, 11) is -1.04. The number of benzene rings is 2. The molecule has 0 aliphatic carbocycles. The Hall–Kier alpha value is -2.62. The Morgan fingerprint density at radius 2 is 1.77 bits per heavy atom. The molecule has 2 aromatic carbocycles. The van der Waals surface area contributed by atoms with E-state index >= 15 is 0 Å². The van der Waals surface area contributed by atoms with E-state index in [0.717, 1.165) is 0 Å². The lowest BCUT2D eigenvalue weighted by molar-refractivity contribution is -0.135. The summed E-state index contributed by atoms with van der Waals surface area (Å²) in [6, 6.07) is 11.4. The summed E-state index contributed by atoms with van der Waals surface area (Å²) in [5.74, 6) is -0.785. The Morgan fingerprint density at radius 1 is 1.13 bits per heavy atom. The van der Waals surface area contributed by atoms with Crippen LogP contribution in [0.3, 0.4) is 0 Å². The summed E-state index contributed by atoms with van der Waals surface area (Å²) in [5.41, 5.74) is 0.499. The Bertz CT molecular complexity index is 1030. The second-order valence-electron chi connectivity index (χ2n) is 7.27. The zero-order valence-corrected chi connectivity index (χ0v) is 19.3. The molecule has 10 heteroatoms. The molecule has 0 bridgehead atoms. The molecule has 2 aromatic rings. The van der Waals surface area contributed by atoms with Gasteiger partial charge in [-0.15, -0.1) is 0 Å². The summed E-state index contributed by atoms with van der Waals surface area (Å²) >= 11 is 5.90. The van der Waals surface area contributed by atoms with E-state index in [1.54, 1.807) is 38.1 Å². The molecule has 0 radical (unpaired) electrons. The van der Waals surface area contributed by atoms with Gasteiger partial charge in [0.05, 0.1) is 18.6 Å². The van der Waals surface area contributed by atoms with Crippen LogP contribution in [0, 0.1) is 5.92 Å². The predicted octanol–water partition coefficient (Wildman–Crippen LogP) is 2.75. The number of rotatable bonds is 9. The van der Waals surface area contributed by atoms with Crippen LogP contribution in [0.5, 0.6) is 5.75 Å². The highest BCUT2D eigenvalue weighted by Gasteiger charge is 2.31. The van der Waals surface area contributed by atoms with Gasteiger partial charge in [0.15, 0.2) is 0 Å². The molecule has 1 atom stereocenters. The molecule has 8 nitrogen and oxygen atoms in total. The van der Waals surface area contributed by atoms with Crippen LogP contribution in [-0.4, -0.2) is 51.9 Å². The van der Waals surface area contributed by atoms with Gasteiger partial charge in [0, 0.05) is 17.8 Å². The summed E-state index contributed by atoms with van der Waals surface area (Å²) in [6.07, 6.45) is 0. The van der Waals surface area contributed by atoms with Gasteiger partial charge in [-0.3, -0.25) is 9.59 Å². The van der Waals surface area contributed by atoms with Crippen molar-refractivity contribution in [2.24, 2.45) is 5.92 Å². The van der Waals surface area contributed by atoms with E-state index in [4.69, 9.17) is 16.3 Å². The average molecular weight is 468 g/mol. The van der Waals surface area contributed by atoms with Crippen LogP contribution in [-0.2, 0) is 19.6 Å². The third-order valence-electron chi connectivity index (χ3n) is 4.45. The Kier molecular flexibility index (Phi) is 8.43. The van der Waals surface area contributed by atoms with E-state index in [1.807, 2.05) is 0 Å². The maximum Gasteiger partial charge on any atom is 0.243 e. The second-order valence-corrected chi connectivity index (χ2v) is 9.42. The molecule has 0 aliphatic heterocycles. The highest BCUT2D eigenvalue weighted by atomic mass is 35.5. The maximum absolute atomic E-state index is 12.9. The van der Waals surface area contributed by atoms with Crippen LogP contribution in [0.4, 0.5) is 5.69 Å². The number of amides is 2. The van der Waals surface area contributed by atoms with E-state index in [2.05, 4.69) is 10.0 Å². The molecule has 0 heterocycles. The normalized spacial score (nSPS) is 12.3. The van der Waals surface area contributed by atoms with Crippen molar-refractivity contribution < 1.29 is 22.7 Å². The number of nitrogens with zero attached hydrogens (tertiary/aromatic N) is 1. The first kappa shape index (κ1) is 24.6. The van der Waals surface area contributed by atoms with Crippen LogP contribution in [0.2, 0.25) is 5.02 Å². The number of carbonyl (C=O) groups excluding carboxylic acids is 2. The van der Waals surface area contributed by atoms with Crippen molar-refractivity contribution in [1.29, 1.82) is 0 Å². The van der Waals surface area contributed by atoms with Crippen LogP contribution < -0.4 is 14.8 Å². The number of ether oxygens (including phenoxy) is 1. The molecule has 2 amide bonds. The number of likely N-dealkylation sites (N-methyl/N-ethyl adjacent to an activating group) is 1. The molecule has 0 spiro atoms. The minimum Gasteiger partial charge on any atom is -0.497 e. The van der Waals surface area contributed by atoms with Gasteiger partial charge in [-0.2, -0.15) is 4.72 Å². The summed E-state index contributed by atoms with van der Waals surface area (Å²) in [5, 5.41) is 3.12. The zero-order chi connectivity index (χ0) is 23.2. The Balaban J connectivity index is 2.08. The minimum absolute atomic E-state index is 0.00750.